The van der Waals surface area contributed by atoms with Gasteiger partial charge < -0.3 is 15.2 Å². The SMILES string of the molecule is CCC(C)(C)NC(=O)C(C)NC1(CO)CCOCC1. The van der Waals surface area contributed by atoms with Crippen molar-refractivity contribution in [1.82, 2.24) is 10.6 Å². The zero-order chi connectivity index (χ0) is 14.5. The standard InChI is InChI=1S/C14H28N2O3/c1-5-13(3,4)16-12(18)11(2)15-14(10-17)6-8-19-9-7-14/h11,15,17H,5-10H2,1-4H3,(H,16,18). The lowest BCUT2D eigenvalue weighted by Gasteiger charge is -2.39. The Morgan fingerprint density at radius 2 is 2.00 bits per heavy atom. The van der Waals surface area contributed by atoms with Gasteiger partial charge in [-0.2, -0.15) is 0 Å². The average Bonchev–Trinajstić information content (AvgIpc) is 2.39. The molecule has 1 unspecified atom stereocenters. The van der Waals surface area contributed by atoms with E-state index < -0.39 is 0 Å². The molecule has 1 rings (SSSR count). The van der Waals surface area contributed by atoms with Crippen LogP contribution in [-0.4, -0.2) is 48.0 Å². The molecule has 0 bridgehead atoms. The highest BCUT2D eigenvalue weighted by molar-refractivity contribution is 5.82. The van der Waals surface area contributed by atoms with Gasteiger partial charge in [-0.15, -0.1) is 0 Å². The molecular weight excluding hydrogens is 244 g/mol. The lowest BCUT2D eigenvalue weighted by Crippen LogP contribution is -2.60. The molecule has 19 heavy (non-hydrogen) atoms. The van der Waals surface area contributed by atoms with Crippen LogP contribution in [0.2, 0.25) is 0 Å². The summed E-state index contributed by atoms with van der Waals surface area (Å²) in [6, 6.07) is -0.323. The number of nitrogens with one attached hydrogen (secondary N) is 2. The topological polar surface area (TPSA) is 70.6 Å². The Balaban J connectivity index is 2.57. The lowest BCUT2D eigenvalue weighted by molar-refractivity contribution is -0.125. The summed E-state index contributed by atoms with van der Waals surface area (Å²) in [7, 11) is 0. The lowest BCUT2D eigenvalue weighted by atomic mass is 9.90. The summed E-state index contributed by atoms with van der Waals surface area (Å²) in [5, 5.41) is 15.9. The van der Waals surface area contributed by atoms with Crippen LogP contribution in [0.3, 0.4) is 0 Å². The summed E-state index contributed by atoms with van der Waals surface area (Å²) in [6.07, 6.45) is 2.35. The van der Waals surface area contributed by atoms with Gasteiger partial charge in [0.05, 0.1) is 12.6 Å². The fourth-order valence-electron chi connectivity index (χ4n) is 2.17. The maximum Gasteiger partial charge on any atom is 0.237 e. The van der Waals surface area contributed by atoms with E-state index in [9.17, 15) is 9.90 Å². The number of aliphatic hydroxyl groups is 1. The quantitative estimate of drug-likeness (QED) is 0.669. The molecule has 1 saturated heterocycles. The van der Waals surface area contributed by atoms with Crippen molar-refractivity contribution >= 4 is 5.91 Å². The van der Waals surface area contributed by atoms with Gasteiger partial charge in [-0.1, -0.05) is 6.92 Å². The molecule has 1 heterocycles. The number of carbonyl (C=O) groups is 1. The highest BCUT2D eigenvalue weighted by Gasteiger charge is 2.35. The van der Waals surface area contributed by atoms with Gasteiger partial charge in [0.15, 0.2) is 0 Å². The van der Waals surface area contributed by atoms with Crippen LogP contribution in [-0.2, 0) is 9.53 Å². The largest absolute Gasteiger partial charge is 0.394 e. The van der Waals surface area contributed by atoms with E-state index in [1.165, 1.54) is 0 Å². The summed E-state index contributed by atoms with van der Waals surface area (Å²) in [5.41, 5.74) is -0.583. The van der Waals surface area contributed by atoms with Gasteiger partial charge in [0.1, 0.15) is 0 Å². The van der Waals surface area contributed by atoms with E-state index in [0.29, 0.717) is 13.2 Å². The number of aliphatic hydroxyl groups excluding tert-OH is 1. The Kier molecular flexibility index (Phi) is 5.77. The van der Waals surface area contributed by atoms with Gasteiger partial charge >= 0.3 is 0 Å². The minimum absolute atomic E-state index is 0.0221. The van der Waals surface area contributed by atoms with Crippen molar-refractivity contribution in [3.8, 4) is 0 Å². The van der Waals surface area contributed by atoms with Gasteiger partial charge in [-0.05, 0) is 40.0 Å². The normalized spacial score (nSPS) is 20.9. The molecule has 1 fully saturated rings. The van der Waals surface area contributed by atoms with Crippen LogP contribution in [0.4, 0.5) is 0 Å². The van der Waals surface area contributed by atoms with Crippen LogP contribution >= 0.6 is 0 Å². The van der Waals surface area contributed by atoms with E-state index in [1.54, 1.807) is 0 Å². The Hall–Kier alpha value is -0.650. The third-order valence-electron chi connectivity index (χ3n) is 4.01. The fraction of sp³-hybridized carbons (Fsp3) is 0.929. The maximum absolute atomic E-state index is 12.2. The zero-order valence-corrected chi connectivity index (χ0v) is 12.6. The number of hydrogen-bond donors (Lipinski definition) is 3. The molecule has 1 amide bonds. The molecular formula is C14H28N2O3. The molecule has 3 N–H and O–H groups in total. The first kappa shape index (κ1) is 16.4. The van der Waals surface area contributed by atoms with Crippen LogP contribution in [0.1, 0.15) is 47.0 Å². The van der Waals surface area contributed by atoms with E-state index >= 15 is 0 Å². The van der Waals surface area contributed by atoms with Crippen molar-refractivity contribution in [1.29, 1.82) is 0 Å². The molecule has 0 aromatic heterocycles. The number of rotatable bonds is 6. The van der Waals surface area contributed by atoms with E-state index in [4.69, 9.17) is 4.74 Å². The predicted octanol–water partition coefficient (Wildman–Crippen LogP) is 0.811. The van der Waals surface area contributed by atoms with E-state index in [0.717, 1.165) is 19.3 Å². The minimum atomic E-state index is -0.384. The molecule has 0 spiro atoms. The van der Waals surface area contributed by atoms with Gasteiger partial charge in [0.2, 0.25) is 5.91 Å². The highest BCUT2D eigenvalue weighted by atomic mass is 16.5. The maximum atomic E-state index is 12.2. The van der Waals surface area contributed by atoms with Gasteiger partial charge in [0.25, 0.3) is 0 Å². The van der Waals surface area contributed by atoms with Crippen molar-refractivity contribution in [3.05, 3.63) is 0 Å². The van der Waals surface area contributed by atoms with E-state index in [-0.39, 0.29) is 29.6 Å². The van der Waals surface area contributed by atoms with E-state index in [1.807, 2.05) is 27.7 Å². The fourth-order valence-corrected chi connectivity index (χ4v) is 2.17. The molecule has 1 atom stereocenters. The van der Waals surface area contributed by atoms with Crippen LogP contribution in [0.5, 0.6) is 0 Å². The molecule has 112 valence electrons. The number of ether oxygens (including phenoxy) is 1. The van der Waals surface area contributed by atoms with Crippen LogP contribution in [0.25, 0.3) is 0 Å². The Morgan fingerprint density at radius 3 is 2.47 bits per heavy atom. The van der Waals surface area contributed by atoms with Crippen molar-refractivity contribution in [3.63, 3.8) is 0 Å². The molecule has 5 nitrogen and oxygen atoms in total. The summed E-state index contributed by atoms with van der Waals surface area (Å²) in [4.78, 5) is 12.2. The van der Waals surface area contributed by atoms with Crippen LogP contribution < -0.4 is 10.6 Å². The Bertz CT molecular complexity index is 299. The number of carbonyl (C=O) groups excluding carboxylic acids is 1. The molecule has 0 radical (unpaired) electrons. The molecule has 1 aliphatic heterocycles. The summed E-state index contributed by atoms with van der Waals surface area (Å²) in [5.74, 6) is -0.0221. The average molecular weight is 272 g/mol. The van der Waals surface area contributed by atoms with Gasteiger partial charge in [-0.25, -0.2) is 0 Å². The second-order valence-corrected chi connectivity index (χ2v) is 6.14. The van der Waals surface area contributed by atoms with Crippen LogP contribution in [0, 0.1) is 0 Å². The third-order valence-corrected chi connectivity index (χ3v) is 4.01. The molecule has 1 aliphatic rings. The second-order valence-electron chi connectivity index (χ2n) is 6.14. The summed E-state index contributed by atoms with van der Waals surface area (Å²) >= 11 is 0. The number of amides is 1. The first-order chi connectivity index (χ1) is 8.84. The van der Waals surface area contributed by atoms with Crippen molar-refractivity contribution in [2.45, 2.75) is 64.1 Å². The highest BCUT2D eigenvalue weighted by Crippen LogP contribution is 2.21. The second kappa shape index (κ2) is 6.68. The van der Waals surface area contributed by atoms with Crippen molar-refractivity contribution in [2.75, 3.05) is 19.8 Å². The minimum Gasteiger partial charge on any atom is -0.394 e. The predicted molar refractivity (Wildman–Crippen MR) is 75.0 cm³/mol. The van der Waals surface area contributed by atoms with Gasteiger partial charge in [0, 0.05) is 24.3 Å². The van der Waals surface area contributed by atoms with E-state index in [2.05, 4.69) is 10.6 Å². The van der Waals surface area contributed by atoms with Crippen molar-refractivity contribution < 1.29 is 14.6 Å². The smallest absolute Gasteiger partial charge is 0.237 e. The molecule has 0 aliphatic carbocycles. The van der Waals surface area contributed by atoms with Crippen LogP contribution in [0.15, 0.2) is 0 Å². The monoisotopic (exact) mass is 272 g/mol. The molecule has 0 aromatic carbocycles. The molecule has 0 aromatic rings. The summed E-state index contributed by atoms with van der Waals surface area (Å²) in [6.45, 7) is 9.19. The molecule has 5 heteroatoms. The summed E-state index contributed by atoms with van der Waals surface area (Å²) < 4.78 is 5.31. The number of hydrogen-bond acceptors (Lipinski definition) is 4. The molecule has 0 saturated carbocycles. The first-order valence-electron chi connectivity index (χ1n) is 7.12. The van der Waals surface area contributed by atoms with Gasteiger partial charge in [-0.3, -0.25) is 10.1 Å². The third kappa shape index (κ3) is 4.75. The Labute approximate surface area is 116 Å². The first-order valence-corrected chi connectivity index (χ1v) is 7.12. The van der Waals surface area contributed by atoms with Crippen molar-refractivity contribution in [2.24, 2.45) is 0 Å². The Morgan fingerprint density at radius 1 is 1.42 bits per heavy atom. The zero-order valence-electron chi connectivity index (χ0n) is 12.6.